The molecule has 6 heteroatoms. The van der Waals surface area contributed by atoms with E-state index in [1.807, 2.05) is 33.8 Å². The number of hydrogen-bond acceptors (Lipinski definition) is 4. The molecule has 4 N–H and O–H groups in total. The van der Waals surface area contributed by atoms with Crippen molar-refractivity contribution in [3.63, 3.8) is 0 Å². The lowest BCUT2D eigenvalue weighted by molar-refractivity contribution is -0.125. The van der Waals surface area contributed by atoms with Crippen molar-refractivity contribution in [2.75, 3.05) is 18.5 Å². The van der Waals surface area contributed by atoms with Gasteiger partial charge in [0.25, 0.3) is 0 Å². The molecule has 2 amide bonds. The number of benzene rings is 1. The van der Waals surface area contributed by atoms with Gasteiger partial charge in [0.1, 0.15) is 5.75 Å². The minimum Gasteiger partial charge on any atom is -0.494 e. The number of amides is 2. The fraction of sp³-hybridized carbons (Fsp3) is 0.500. The van der Waals surface area contributed by atoms with Gasteiger partial charge in [0.2, 0.25) is 11.8 Å². The summed E-state index contributed by atoms with van der Waals surface area (Å²) in [6.45, 7) is 7.99. The lowest BCUT2D eigenvalue weighted by atomic mass is 10.1. The molecule has 0 heterocycles. The van der Waals surface area contributed by atoms with Crippen molar-refractivity contribution in [2.24, 2.45) is 11.7 Å². The van der Waals surface area contributed by atoms with Crippen LogP contribution in [-0.2, 0) is 9.59 Å². The quantitative estimate of drug-likeness (QED) is 0.710. The molecule has 0 unspecified atom stereocenters. The van der Waals surface area contributed by atoms with Crippen molar-refractivity contribution in [2.45, 2.75) is 33.7 Å². The van der Waals surface area contributed by atoms with E-state index in [1.165, 1.54) is 0 Å². The van der Waals surface area contributed by atoms with Crippen LogP contribution in [0, 0.1) is 12.8 Å². The van der Waals surface area contributed by atoms with Crippen LogP contribution in [-0.4, -0.2) is 31.0 Å². The van der Waals surface area contributed by atoms with Crippen LogP contribution in [0.25, 0.3) is 0 Å². The Kier molecular flexibility index (Phi) is 6.85. The van der Waals surface area contributed by atoms with Crippen LogP contribution in [0.5, 0.6) is 5.75 Å². The summed E-state index contributed by atoms with van der Waals surface area (Å²) < 4.78 is 5.39. The molecule has 0 aliphatic heterocycles. The molecule has 0 aliphatic carbocycles. The smallest absolute Gasteiger partial charge is 0.243 e. The highest BCUT2D eigenvalue weighted by Gasteiger charge is 2.17. The van der Waals surface area contributed by atoms with E-state index < -0.39 is 6.04 Å². The topological polar surface area (TPSA) is 93.5 Å². The molecule has 1 aromatic carbocycles. The van der Waals surface area contributed by atoms with Gasteiger partial charge in [0, 0.05) is 5.69 Å². The summed E-state index contributed by atoms with van der Waals surface area (Å²) in [6.07, 6.45) is 0. The van der Waals surface area contributed by atoms with E-state index in [-0.39, 0.29) is 24.3 Å². The molecule has 1 atom stereocenters. The first kappa shape index (κ1) is 18.0. The van der Waals surface area contributed by atoms with Crippen molar-refractivity contribution < 1.29 is 14.3 Å². The average Bonchev–Trinajstić information content (AvgIpc) is 2.47. The molecule has 6 nitrogen and oxygen atoms in total. The molecule has 0 fully saturated rings. The van der Waals surface area contributed by atoms with Crippen molar-refractivity contribution in [1.29, 1.82) is 0 Å². The number of anilines is 1. The van der Waals surface area contributed by atoms with E-state index in [4.69, 9.17) is 10.5 Å². The maximum absolute atomic E-state index is 11.9. The number of hydrogen-bond donors (Lipinski definition) is 3. The van der Waals surface area contributed by atoms with Gasteiger partial charge >= 0.3 is 0 Å². The zero-order valence-corrected chi connectivity index (χ0v) is 13.6. The van der Waals surface area contributed by atoms with Crippen molar-refractivity contribution >= 4 is 17.5 Å². The Hall–Kier alpha value is -2.08. The molecule has 0 bridgehead atoms. The Morgan fingerprint density at radius 1 is 1.32 bits per heavy atom. The van der Waals surface area contributed by atoms with E-state index in [9.17, 15) is 9.59 Å². The number of nitrogens with one attached hydrogen (secondary N) is 2. The second kappa shape index (κ2) is 8.38. The third-order valence-electron chi connectivity index (χ3n) is 3.23. The Bertz CT molecular complexity index is 529. The lowest BCUT2D eigenvalue weighted by Gasteiger charge is -2.15. The molecule has 0 spiro atoms. The lowest BCUT2D eigenvalue weighted by Crippen LogP contribution is -2.46. The molecule has 0 aromatic heterocycles. The summed E-state index contributed by atoms with van der Waals surface area (Å²) in [6, 6.07) is 4.81. The first-order valence-corrected chi connectivity index (χ1v) is 7.41. The molecule has 122 valence electrons. The molecule has 0 aliphatic rings. The Morgan fingerprint density at radius 2 is 2.00 bits per heavy atom. The molecular weight excluding hydrogens is 282 g/mol. The first-order chi connectivity index (χ1) is 10.3. The normalized spacial score (nSPS) is 11.9. The van der Waals surface area contributed by atoms with Crippen molar-refractivity contribution in [3.05, 3.63) is 23.8 Å². The van der Waals surface area contributed by atoms with E-state index in [0.717, 1.165) is 11.3 Å². The predicted octanol–water partition coefficient (Wildman–Crippen LogP) is 1.43. The van der Waals surface area contributed by atoms with Gasteiger partial charge in [-0.25, -0.2) is 0 Å². The van der Waals surface area contributed by atoms with Crippen LogP contribution in [0.3, 0.4) is 0 Å². The van der Waals surface area contributed by atoms with Crippen LogP contribution in [0.1, 0.15) is 26.3 Å². The van der Waals surface area contributed by atoms with Gasteiger partial charge < -0.3 is 21.1 Å². The van der Waals surface area contributed by atoms with Gasteiger partial charge in [0.15, 0.2) is 0 Å². The number of rotatable bonds is 7. The van der Waals surface area contributed by atoms with E-state index >= 15 is 0 Å². The number of ether oxygens (including phenoxy) is 1. The summed E-state index contributed by atoms with van der Waals surface area (Å²) in [7, 11) is 0. The summed E-state index contributed by atoms with van der Waals surface area (Å²) >= 11 is 0. The van der Waals surface area contributed by atoms with Crippen LogP contribution in [0.4, 0.5) is 5.69 Å². The SMILES string of the molecule is CCOc1ccc(NC(=O)CNC(=O)[C@@H](N)C(C)C)c(C)c1. The van der Waals surface area contributed by atoms with Gasteiger partial charge in [-0.15, -0.1) is 0 Å². The van der Waals surface area contributed by atoms with Gasteiger partial charge in [0.05, 0.1) is 19.2 Å². The van der Waals surface area contributed by atoms with Crippen LogP contribution < -0.4 is 21.1 Å². The van der Waals surface area contributed by atoms with Gasteiger partial charge in [-0.2, -0.15) is 0 Å². The van der Waals surface area contributed by atoms with Gasteiger partial charge in [-0.3, -0.25) is 9.59 Å². The Balaban J connectivity index is 2.53. The van der Waals surface area contributed by atoms with Gasteiger partial charge in [-0.1, -0.05) is 13.8 Å². The molecule has 1 aromatic rings. The monoisotopic (exact) mass is 307 g/mol. The zero-order valence-electron chi connectivity index (χ0n) is 13.6. The standard InChI is InChI=1S/C16H25N3O3/c1-5-22-12-6-7-13(11(4)8-12)19-14(20)9-18-16(21)15(17)10(2)3/h6-8,10,15H,5,9,17H2,1-4H3,(H,18,21)(H,19,20)/t15-/m0/s1. The highest BCUT2D eigenvalue weighted by molar-refractivity contribution is 5.95. The van der Waals surface area contributed by atoms with E-state index in [2.05, 4.69) is 10.6 Å². The van der Waals surface area contributed by atoms with E-state index in [0.29, 0.717) is 12.3 Å². The third kappa shape index (κ3) is 5.37. The van der Waals surface area contributed by atoms with Crippen LogP contribution in [0.2, 0.25) is 0 Å². The molecule has 1 rings (SSSR count). The molecule has 0 saturated carbocycles. The summed E-state index contributed by atoms with van der Waals surface area (Å²) in [5, 5.41) is 5.29. The second-order valence-corrected chi connectivity index (χ2v) is 5.45. The number of nitrogens with two attached hydrogens (primary N) is 1. The summed E-state index contributed by atoms with van der Waals surface area (Å²) in [4.78, 5) is 23.6. The molecule has 0 saturated heterocycles. The maximum Gasteiger partial charge on any atom is 0.243 e. The fourth-order valence-corrected chi connectivity index (χ4v) is 1.82. The minimum atomic E-state index is -0.611. The fourth-order valence-electron chi connectivity index (χ4n) is 1.82. The minimum absolute atomic E-state index is 0.0245. The number of aryl methyl sites for hydroxylation is 1. The largest absolute Gasteiger partial charge is 0.494 e. The summed E-state index contributed by atoms with van der Waals surface area (Å²) in [5.41, 5.74) is 7.29. The Labute approximate surface area is 131 Å². The summed E-state index contributed by atoms with van der Waals surface area (Å²) in [5.74, 6) is 0.163. The third-order valence-corrected chi connectivity index (χ3v) is 3.23. The second-order valence-electron chi connectivity index (χ2n) is 5.45. The first-order valence-electron chi connectivity index (χ1n) is 7.41. The molecule has 0 radical (unpaired) electrons. The molecular formula is C16H25N3O3. The van der Waals surface area contributed by atoms with Crippen LogP contribution >= 0.6 is 0 Å². The predicted molar refractivity (Wildman–Crippen MR) is 86.8 cm³/mol. The zero-order chi connectivity index (χ0) is 16.7. The van der Waals surface area contributed by atoms with E-state index in [1.54, 1.807) is 12.1 Å². The average molecular weight is 307 g/mol. The number of carbonyl (C=O) groups excluding carboxylic acids is 2. The van der Waals surface area contributed by atoms with Crippen molar-refractivity contribution in [3.8, 4) is 5.75 Å². The maximum atomic E-state index is 11.9. The van der Waals surface area contributed by atoms with Crippen LogP contribution in [0.15, 0.2) is 18.2 Å². The van der Waals surface area contributed by atoms with Gasteiger partial charge in [-0.05, 0) is 43.5 Å². The highest BCUT2D eigenvalue weighted by Crippen LogP contribution is 2.21. The van der Waals surface area contributed by atoms with Crippen molar-refractivity contribution in [1.82, 2.24) is 5.32 Å². The number of carbonyl (C=O) groups is 2. The highest BCUT2D eigenvalue weighted by atomic mass is 16.5. The molecule has 22 heavy (non-hydrogen) atoms. The Morgan fingerprint density at radius 3 is 2.55 bits per heavy atom.